The summed E-state index contributed by atoms with van der Waals surface area (Å²) >= 11 is 1.40. The third kappa shape index (κ3) is 6.00. The molecule has 1 unspecified atom stereocenters. The van der Waals surface area contributed by atoms with Crippen molar-refractivity contribution in [2.45, 2.75) is 45.7 Å². The number of hydrogen-bond donors (Lipinski definition) is 2. The third-order valence-corrected chi connectivity index (χ3v) is 9.19. The van der Waals surface area contributed by atoms with E-state index in [4.69, 9.17) is 9.73 Å². The highest BCUT2D eigenvalue weighted by molar-refractivity contribution is 7.11. The molecule has 43 heavy (non-hydrogen) atoms. The molecule has 4 heterocycles. The molecule has 0 radical (unpaired) electrons. The van der Waals surface area contributed by atoms with Crippen molar-refractivity contribution in [1.29, 1.82) is 0 Å². The maximum atomic E-state index is 14.7. The molecule has 0 spiro atoms. The SMILES string of the molecule is CCOC(=O)C1=C(CN2CCN3C(=O)N(CC(CC)C(=O)O)C[C@]3(C)C2)NC(c2nccs2)=N[C@H]1c1cccc(F)c1C. The first-order valence-corrected chi connectivity index (χ1v) is 15.4. The van der Waals surface area contributed by atoms with Gasteiger partial charge in [0.05, 0.1) is 23.6 Å². The first-order valence-electron chi connectivity index (χ1n) is 14.5. The third-order valence-electron chi connectivity index (χ3n) is 8.41. The number of halogens is 1. The average molecular weight is 613 g/mol. The molecule has 2 aromatic rings. The van der Waals surface area contributed by atoms with Crippen molar-refractivity contribution in [1.82, 2.24) is 25.0 Å². The number of fused-ring (bicyclic) bond motifs is 1. The smallest absolute Gasteiger partial charge is 0.338 e. The van der Waals surface area contributed by atoms with Gasteiger partial charge in [-0.25, -0.2) is 19.0 Å². The summed E-state index contributed by atoms with van der Waals surface area (Å²) in [4.78, 5) is 53.4. The van der Waals surface area contributed by atoms with Gasteiger partial charge in [-0.1, -0.05) is 19.1 Å². The molecule has 1 aromatic heterocycles. The van der Waals surface area contributed by atoms with Crippen molar-refractivity contribution in [2.75, 3.05) is 45.9 Å². The molecule has 2 amide bonds. The number of benzene rings is 1. The predicted octanol–water partition coefficient (Wildman–Crippen LogP) is 3.42. The number of urea groups is 1. The number of amides is 2. The van der Waals surface area contributed by atoms with E-state index < -0.39 is 29.4 Å². The molecule has 0 saturated carbocycles. The van der Waals surface area contributed by atoms with Gasteiger partial charge in [0.15, 0.2) is 10.8 Å². The van der Waals surface area contributed by atoms with Crippen molar-refractivity contribution < 1.29 is 28.6 Å². The molecule has 2 saturated heterocycles. The number of rotatable bonds is 10. The van der Waals surface area contributed by atoms with Gasteiger partial charge >= 0.3 is 18.0 Å². The van der Waals surface area contributed by atoms with Crippen LogP contribution >= 0.6 is 11.3 Å². The molecule has 3 aliphatic heterocycles. The second-order valence-corrected chi connectivity index (χ2v) is 12.3. The van der Waals surface area contributed by atoms with Crippen LogP contribution in [0.1, 0.15) is 49.4 Å². The van der Waals surface area contributed by atoms with Crippen LogP contribution < -0.4 is 5.32 Å². The number of piperazine rings is 1. The Labute approximate surface area is 254 Å². The van der Waals surface area contributed by atoms with Crippen LogP contribution in [0, 0.1) is 18.7 Å². The van der Waals surface area contributed by atoms with E-state index in [9.17, 15) is 23.9 Å². The highest BCUT2D eigenvalue weighted by Crippen LogP contribution is 2.37. The van der Waals surface area contributed by atoms with Gasteiger partial charge in [0.25, 0.3) is 0 Å². The van der Waals surface area contributed by atoms with Crippen LogP contribution in [0.5, 0.6) is 0 Å². The molecule has 0 bridgehead atoms. The molecule has 2 fully saturated rings. The van der Waals surface area contributed by atoms with E-state index in [1.807, 2.05) is 24.1 Å². The number of esters is 1. The van der Waals surface area contributed by atoms with Crippen LogP contribution in [0.3, 0.4) is 0 Å². The normalized spacial score (nSPS) is 23.1. The second kappa shape index (κ2) is 12.4. The van der Waals surface area contributed by atoms with E-state index in [0.717, 1.165) is 0 Å². The summed E-state index contributed by atoms with van der Waals surface area (Å²) in [5.74, 6) is -1.97. The van der Waals surface area contributed by atoms with Gasteiger partial charge in [0.2, 0.25) is 0 Å². The average Bonchev–Trinajstić information content (AvgIpc) is 3.59. The summed E-state index contributed by atoms with van der Waals surface area (Å²) in [5.41, 5.74) is 1.31. The highest BCUT2D eigenvalue weighted by atomic mass is 32.1. The van der Waals surface area contributed by atoms with Gasteiger partial charge in [0.1, 0.15) is 11.9 Å². The zero-order valence-electron chi connectivity index (χ0n) is 24.8. The minimum Gasteiger partial charge on any atom is -0.481 e. The van der Waals surface area contributed by atoms with Crippen LogP contribution in [0.4, 0.5) is 9.18 Å². The number of ether oxygens (including phenoxy) is 1. The largest absolute Gasteiger partial charge is 0.481 e. The standard InChI is InChI=1S/C30H37FN6O5S/c1-5-19(27(38)39)14-36-17-30(4)16-35(11-12-37(30)29(36)41)15-22-23(28(40)42-6-2)24(20-8-7-9-21(31)18(20)3)34-25(33-22)26-32-10-13-43-26/h7-10,13,19,24H,5-6,11-12,14-17H2,1-4H3,(H,33,34)(H,38,39)/t19?,24-,30-/m0/s1. The zero-order valence-corrected chi connectivity index (χ0v) is 25.6. The molecule has 11 nitrogen and oxygen atoms in total. The fourth-order valence-electron chi connectivity index (χ4n) is 6.18. The Morgan fingerprint density at radius 3 is 2.74 bits per heavy atom. The Morgan fingerprint density at radius 1 is 1.28 bits per heavy atom. The van der Waals surface area contributed by atoms with Gasteiger partial charge in [-0.15, -0.1) is 11.3 Å². The van der Waals surface area contributed by atoms with E-state index in [2.05, 4.69) is 15.2 Å². The first kappa shape index (κ1) is 30.6. The lowest BCUT2D eigenvalue weighted by Crippen LogP contribution is -2.60. The van der Waals surface area contributed by atoms with Gasteiger partial charge in [-0.05, 0) is 44.4 Å². The van der Waals surface area contributed by atoms with Gasteiger partial charge < -0.3 is 25.0 Å². The van der Waals surface area contributed by atoms with Crippen molar-refractivity contribution in [2.24, 2.45) is 10.9 Å². The number of carbonyl (C=O) groups excluding carboxylic acids is 2. The summed E-state index contributed by atoms with van der Waals surface area (Å²) in [6.45, 7) is 9.79. The van der Waals surface area contributed by atoms with Crippen molar-refractivity contribution in [3.63, 3.8) is 0 Å². The number of carbonyl (C=O) groups is 3. The van der Waals surface area contributed by atoms with E-state index in [0.29, 0.717) is 72.4 Å². The van der Waals surface area contributed by atoms with E-state index in [-0.39, 0.29) is 25.0 Å². The molecule has 0 aliphatic carbocycles. The lowest BCUT2D eigenvalue weighted by Gasteiger charge is -2.44. The Bertz CT molecular complexity index is 1460. The maximum Gasteiger partial charge on any atom is 0.338 e. The number of aliphatic imine (C=N–C) groups is 1. The molecule has 230 valence electrons. The summed E-state index contributed by atoms with van der Waals surface area (Å²) in [7, 11) is 0. The minimum atomic E-state index is -0.908. The molecule has 3 aliphatic rings. The van der Waals surface area contributed by atoms with Crippen molar-refractivity contribution in [3.05, 3.63) is 63.0 Å². The quantitative estimate of drug-likeness (QED) is 0.391. The molecule has 3 atom stereocenters. The fraction of sp³-hybridized carbons (Fsp3) is 0.500. The number of carboxylic acids is 1. The van der Waals surface area contributed by atoms with E-state index in [1.165, 1.54) is 17.4 Å². The molecular weight excluding hydrogens is 575 g/mol. The van der Waals surface area contributed by atoms with Crippen LogP contribution in [-0.2, 0) is 14.3 Å². The van der Waals surface area contributed by atoms with Gasteiger partial charge in [-0.3, -0.25) is 14.7 Å². The number of aromatic nitrogens is 1. The second-order valence-electron chi connectivity index (χ2n) is 11.4. The summed E-state index contributed by atoms with van der Waals surface area (Å²) in [5, 5.41) is 15.4. The van der Waals surface area contributed by atoms with Crippen molar-refractivity contribution >= 4 is 35.1 Å². The van der Waals surface area contributed by atoms with Crippen LogP contribution in [0.2, 0.25) is 0 Å². The fourth-order valence-corrected chi connectivity index (χ4v) is 6.77. The van der Waals surface area contributed by atoms with Crippen LogP contribution in [0.15, 0.2) is 46.0 Å². The van der Waals surface area contributed by atoms with Crippen molar-refractivity contribution in [3.8, 4) is 0 Å². The summed E-state index contributed by atoms with van der Waals surface area (Å²) in [6, 6.07) is 3.80. The topological polar surface area (TPSA) is 128 Å². The Kier molecular flexibility index (Phi) is 8.84. The van der Waals surface area contributed by atoms with Gasteiger partial charge in [0, 0.05) is 56.5 Å². The summed E-state index contributed by atoms with van der Waals surface area (Å²) in [6.07, 6.45) is 2.11. The minimum absolute atomic E-state index is 0.149. The van der Waals surface area contributed by atoms with Crippen LogP contribution in [0.25, 0.3) is 0 Å². The number of carboxylic acid groups (broad SMARTS) is 1. The molecule has 2 N–H and O–H groups in total. The Hall–Kier alpha value is -3.84. The zero-order chi connectivity index (χ0) is 30.9. The van der Waals surface area contributed by atoms with Gasteiger partial charge in [-0.2, -0.15) is 0 Å². The number of aliphatic carboxylic acids is 1. The predicted molar refractivity (Wildman–Crippen MR) is 159 cm³/mol. The Balaban J connectivity index is 1.47. The highest BCUT2D eigenvalue weighted by Gasteiger charge is 2.50. The lowest BCUT2D eigenvalue weighted by molar-refractivity contribution is -0.142. The number of thiazole rings is 1. The van der Waals surface area contributed by atoms with Crippen LogP contribution in [-0.4, -0.2) is 100 Å². The molecule has 13 heteroatoms. The Morgan fingerprint density at radius 2 is 2.07 bits per heavy atom. The number of amidine groups is 1. The van der Waals surface area contributed by atoms with E-state index >= 15 is 0 Å². The molecule has 5 rings (SSSR count). The number of hydrogen-bond acceptors (Lipinski definition) is 9. The monoisotopic (exact) mass is 612 g/mol. The first-order chi connectivity index (χ1) is 20.6. The summed E-state index contributed by atoms with van der Waals surface area (Å²) < 4.78 is 20.2. The van der Waals surface area contributed by atoms with E-state index in [1.54, 1.807) is 37.1 Å². The molecular formula is C30H37FN6O5S. The maximum absolute atomic E-state index is 14.7. The lowest BCUT2D eigenvalue weighted by atomic mass is 9.91. The number of nitrogens with zero attached hydrogens (tertiary/aromatic N) is 5. The molecule has 1 aromatic carbocycles. The number of nitrogens with one attached hydrogen (secondary N) is 1.